The van der Waals surface area contributed by atoms with E-state index in [1.54, 1.807) is 11.8 Å². The lowest BCUT2D eigenvalue weighted by molar-refractivity contribution is 0.340. The Morgan fingerprint density at radius 3 is 2.70 bits per heavy atom. The summed E-state index contributed by atoms with van der Waals surface area (Å²) in [6.45, 7) is 4.73. The topological polar surface area (TPSA) is 52.0 Å². The van der Waals surface area contributed by atoms with Crippen LogP contribution in [0.3, 0.4) is 0 Å². The van der Waals surface area contributed by atoms with Crippen molar-refractivity contribution in [2.75, 3.05) is 12.0 Å². The fourth-order valence-corrected chi connectivity index (χ4v) is 2.76. The number of benzene rings is 1. The summed E-state index contributed by atoms with van der Waals surface area (Å²) in [4.78, 5) is 0. The van der Waals surface area contributed by atoms with Crippen LogP contribution in [0.4, 0.5) is 0 Å². The monoisotopic (exact) mass is 288 g/mol. The van der Waals surface area contributed by atoms with Gasteiger partial charge in [0.2, 0.25) is 5.16 Å². The van der Waals surface area contributed by atoms with Gasteiger partial charge < -0.3 is 4.74 Å². The third-order valence-electron chi connectivity index (χ3n) is 3.01. The Bertz CT molecular complexity index is 633. The molecule has 20 heavy (non-hydrogen) atoms. The molecular formula is C14H16N4OS. The highest BCUT2D eigenvalue weighted by Crippen LogP contribution is 2.29. The van der Waals surface area contributed by atoms with Crippen LogP contribution in [-0.4, -0.2) is 21.5 Å². The zero-order valence-corrected chi connectivity index (χ0v) is 12.3. The molecule has 104 valence electrons. The number of nitrogens with zero attached hydrogens (tertiary/aromatic N) is 3. The number of hydrogen-bond acceptors (Lipinski definition) is 5. The molecular weight excluding hydrogens is 272 g/mol. The fraction of sp³-hybridized carbons (Fsp3) is 0.286. The SMILES string of the molecule is CCOc1ccc(C2=CSc3nnc(CC)n3N2)cc1. The molecule has 0 fully saturated rings. The van der Waals surface area contributed by atoms with E-state index in [2.05, 4.69) is 28.0 Å². The molecule has 0 amide bonds. The number of fused-ring (bicyclic) bond motifs is 1. The lowest BCUT2D eigenvalue weighted by Crippen LogP contribution is -2.19. The van der Waals surface area contributed by atoms with Crippen molar-refractivity contribution < 1.29 is 4.74 Å². The van der Waals surface area contributed by atoms with Crippen LogP contribution in [0.2, 0.25) is 0 Å². The van der Waals surface area contributed by atoms with E-state index in [-0.39, 0.29) is 0 Å². The van der Waals surface area contributed by atoms with Crippen molar-refractivity contribution in [1.29, 1.82) is 0 Å². The van der Waals surface area contributed by atoms with Crippen molar-refractivity contribution in [3.63, 3.8) is 0 Å². The maximum absolute atomic E-state index is 5.46. The molecule has 1 aliphatic heterocycles. The molecule has 0 saturated carbocycles. The summed E-state index contributed by atoms with van der Waals surface area (Å²) in [5.41, 5.74) is 5.51. The van der Waals surface area contributed by atoms with Gasteiger partial charge in [-0.1, -0.05) is 18.7 Å². The molecule has 1 N–H and O–H groups in total. The Morgan fingerprint density at radius 2 is 2.00 bits per heavy atom. The van der Waals surface area contributed by atoms with Crippen molar-refractivity contribution in [2.45, 2.75) is 25.4 Å². The van der Waals surface area contributed by atoms with Gasteiger partial charge >= 0.3 is 0 Å². The van der Waals surface area contributed by atoms with Crippen molar-refractivity contribution in [3.8, 4) is 5.75 Å². The third kappa shape index (κ3) is 2.38. The largest absolute Gasteiger partial charge is 0.494 e. The standard InChI is InChI=1S/C14H16N4OS/c1-3-13-15-16-14-18(13)17-12(9-20-14)10-5-7-11(8-6-10)19-4-2/h5-9,17H,3-4H2,1-2H3. The minimum atomic E-state index is 0.681. The van der Waals surface area contributed by atoms with Gasteiger partial charge in [-0.25, -0.2) is 4.68 Å². The summed E-state index contributed by atoms with van der Waals surface area (Å²) >= 11 is 1.58. The highest BCUT2D eigenvalue weighted by Gasteiger charge is 2.17. The Hall–Kier alpha value is -1.95. The minimum absolute atomic E-state index is 0.681. The maximum Gasteiger partial charge on any atom is 0.214 e. The number of aryl methyl sites for hydroxylation is 1. The first-order valence-corrected chi connectivity index (χ1v) is 7.51. The van der Waals surface area contributed by atoms with Gasteiger partial charge in [0.25, 0.3) is 0 Å². The Balaban J connectivity index is 1.83. The van der Waals surface area contributed by atoms with Gasteiger partial charge in [0.15, 0.2) is 5.82 Å². The number of hydrogen-bond donors (Lipinski definition) is 1. The van der Waals surface area contributed by atoms with Gasteiger partial charge in [0.05, 0.1) is 12.3 Å². The van der Waals surface area contributed by atoms with E-state index in [4.69, 9.17) is 4.74 Å². The fourth-order valence-electron chi connectivity index (χ4n) is 2.01. The Kier molecular flexibility index (Phi) is 3.64. The van der Waals surface area contributed by atoms with Gasteiger partial charge in [-0.15, -0.1) is 10.2 Å². The molecule has 0 atom stereocenters. The zero-order valence-electron chi connectivity index (χ0n) is 11.5. The quantitative estimate of drug-likeness (QED) is 0.937. The number of ether oxygens (including phenoxy) is 1. The van der Waals surface area contributed by atoms with E-state index in [0.717, 1.165) is 34.4 Å². The third-order valence-corrected chi connectivity index (χ3v) is 3.84. The number of aromatic nitrogens is 3. The molecule has 1 aromatic carbocycles. The number of nitrogens with one attached hydrogen (secondary N) is 1. The highest BCUT2D eigenvalue weighted by atomic mass is 32.2. The van der Waals surface area contributed by atoms with Gasteiger partial charge in [-0.2, -0.15) is 0 Å². The summed E-state index contributed by atoms with van der Waals surface area (Å²) in [5.74, 6) is 1.82. The highest BCUT2D eigenvalue weighted by molar-refractivity contribution is 8.02. The average molecular weight is 288 g/mol. The lowest BCUT2D eigenvalue weighted by atomic mass is 10.2. The second-order valence-electron chi connectivity index (χ2n) is 4.31. The summed E-state index contributed by atoms with van der Waals surface area (Å²) in [5, 5.41) is 11.2. The van der Waals surface area contributed by atoms with Gasteiger partial charge in [0, 0.05) is 17.4 Å². The molecule has 5 nitrogen and oxygen atoms in total. The van der Waals surface area contributed by atoms with Crippen LogP contribution in [0.1, 0.15) is 25.2 Å². The molecule has 2 heterocycles. The molecule has 0 radical (unpaired) electrons. The van der Waals surface area contributed by atoms with E-state index in [0.29, 0.717) is 6.61 Å². The van der Waals surface area contributed by atoms with E-state index < -0.39 is 0 Å². The van der Waals surface area contributed by atoms with Crippen LogP contribution < -0.4 is 10.2 Å². The molecule has 2 aromatic rings. The predicted octanol–water partition coefficient (Wildman–Crippen LogP) is 2.89. The lowest BCUT2D eigenvalue weighted by Gasteiger charge is -2.19. The summed E-state index contributed by atoms with van der Waals surface area (Å²) in [7, 11) is 0. The first-order valence-electron chi connectivity index (χ1n) is 6.63. The van der Waals surface area contributed by atoms with E-state index in [1.165, 1.54) is 0 Å². The number of thioether (sulfide) groups is 1. The van der Waals surface area contributed by atoms with Gasteiger partial charge in [-0.3, -0.25) is 5.43 Å². The number of rotatable bonds is 4. The van der Waals surface area contributed by atoms with Crippen molar-refractivity contribution >= 4 is 17.5 Å². The second kappa shape index (κ2) is 5.58. The first kappa shape index (κ1) is 13.1. The van der Waals surface area contributed by atoms with Crippen LogP contribution in [-0.2, 0) is 6.42 Å². The second-order valence-corrected chi connectivity index (χ2v) is 5.14. The van der Waals surface area contributed by atoms with Crippen molar-refractivity contribution in [2.24, 2.45) is 0 Å². The maximum atomic E-state index is 5.46. The van der Waals surface area contributed by atoms with Crippen molar-refractivity contribution in [3.05, 3.63) is 41.1 Å². The molecule has 6 heteroatoms. The molecule has 0 spiro atoms. The first-order chi connectivity index (χ1) is 9.81. The molecule has 0 bridgehead atoms. The summed E-state index contributed by atoms with van der Waals surface area (Å²) in [6.07, 6.45) is 0.844. The molecule has 1 aromatic heterocycles. The van der Waals surface area contributed by atoms with Crippen LogP contribution in [0, 0.1) is 0 Å². The van der Waals surface area contributed by atoms with Gasteiger partial charge in [-0.05, 0) is 31.2 Å². The molecule has 0 unspecified atom stereocenters. The Morgan fingerprint density at radius 1 is 1.20 bits per heavy atom. The summed E-state index contributed by atoms with van der Waals surface area (Å²) < 4.78 is 7.40. The molecule has 0 aliphatic carbocycles. The minimum Gasteiger partial charge on any atom is -0.494 e. The smallest absolute Gasteiger partial charge is 0.214 e. The molecule has 1 aliphatic rings. The van der Waals surface area contributed by atoms with E-state index >= 15 is 0 Å². The average Bonchev–Trinajstić information content (AvgIpc) is 2.90. The normalized spacial score (nSPS) is 13.4. The Labute approximate surface area is 122 Å². The van der Waals surface area contributed by atoms with Crippen molar-refractivity contribution in [1.82, 2.24) is 14.9 Å². The van der Waals surface area contributed by atoms with Gasteiger partial charge in [0.1, 0.15) is 5.75 Å². The zero-order chi connectivity index (χ0) is 13.9. The summed E-state index contributed by atoms with van der Waals surface area (Å²) in [6, 6.07) is 8.06. The molecule has 3 rings (SSSR count). The van der Waals surface area contributed by atoms with Crippen LogP contribution in [0.25, 0.3) is 5.70 Å². The van der Waals surface area contributed by atoms with Crippen LogP contribution in [0.15, 0.2) is 34.8 Å². The van der Waals surface area contributed by atoms with E-state index in [1.807, 2.05) is 35.9 Å². The van der Waals surface area contributed by atoms with E-state index in [9.17, 15) is 0 Å². The predicted molar refractivity (Wildman–Crippen MR) is 80.2 cm³/mol. The molecule has 0 saturated heterocycles. The van der Waals surface area contributed by atoms with Crippen LogP contribution in [0.5, 0.6) is 5.75 Å². The van der Waals surface area contributed by atoms with Crippen LogP contribution >= 0.6 is 11.8 Å².